The van der Waals surface area contributed by atoms with Crippen LogP contribution in [0.5, 0.6) is 0 Å². The number of aliphatic hydroxyl groups is 1. The molecule has 0 fully saturated rings. The standard InChI is InChI=1S/C10H16O3/c1-5-8(4)12-10(7-3)13-9(11)6-2/h5-7,11H,1-4H3. The van der Waals surface area contributed by atoms with Gasteiger partial charge in [-0.25, -0.2) is 0 Å². The first-order chi connectivity index (χ1) is 6.13. The molecule has 0 amide bonds. The van der Waals surface area contributed by atoms with Gasteiger partial charge in [-0.1, -0.05) is 0 Å². The third kappa shape index (κ3) is 4.95. The highest BCUT2D eigenvalue weighted by molar-refractivity contribution is 4.95. The summed E-state index contributed by atoms with van der Waals surface area (Å²) >= 11 is 0. The van der Waals surface area contributed by atoms with Crippen molar-refractivity contribution < 1.29 is 14.6 Å². The van der Waals surface area contributed by atoms with Crippen molar-refractivity contribution in [1.82, 2.24) is 0 Å². The highest BCUT2D eigenvalue weighted by Crippen LogP contribution is 2.10. The van der Waals surface area contributed by atoms with E-state index in [1.165, 1.54) is 6.08 Å². The van der Waals surface area contributed by atoms with Gasteiger partial charge in [-0.15, -0.1) is 0 Å². The normalized spacial score (nSPS) is 14.3. The quantitative estimate of drug-likeness (QED) is 0.682. The van der Waals surface area contributed by atoms with E-state index in [1.807, 2.05) is 6.92 Å². The van der Waals surface area contributed by atoms with Crippen molar-refractivity contribution in [3.05, 3.63) is 35.9 Å². The third-order valence-electron chi connectivity index (χ3n) is 1.36. The molecule has 74 valence electrons. The maximum Gasteiger partial charge on any atom is 0.287 e. The molecule has 0 heterocycles. The van der Waals surface area contributed by atoms with Crippen molar-refractivity contribution in [1.29, 1.82) is 0 Å². The maximum absolute atomic E-state index is 9.04. The molecule has 1 N–H and O–H groups in total. The zero-order valence-electron chi connectivity index (χ0n) is 8.50. The van der Waals surface area contributed by atoms with Gasteiger partial charge in [0.2, 0.25) is 0 Å². The molecule has 3 nitrogen and oxygen atoms in total. The topological polar surface area (TPSA) is 38.7 Å². The van der Waals surface area contributed by atoms with Crippen LogP contribution in [0.4, 0.5) is 0 Å². The van der Waals surface area contributed by atoms with Gasteiger partial charge >= 0.3 is 0 Å². The summed E-state index contributed by atoms with van der Waals surface area (Å²) in [6.07, 6.45) is 4.88. The summed E-state index contributed by atoms with van der Waals surface area (Å²) in [4.78, 5) is 0. The fraction of sp³-hybridized carbons (Fsp3) is 0.400. The van der Waals surface area contributed by atoms with E-state index in [0.29, 0.717) is 0 Å². The second kappa shape index (κ2) is 6.17. The van der Waals surface area contributed by atoms with E-state index in [4.69, 9.17) is 14.6 Å². The molecule has 0 bridgehead atoms. The molecule has 0 saturated carbocycles. The Morgan fingerprint density at radius 1 is 1.00 bits per heavy atom. The fourth-order valence-corrected chi connectivity index (χ4v) is 0.518. The highest BCUT2D eigenvalue weighted by atomic mass is 16.7. The number of ether oxygens (including phenoxy) is 2. The van der Waals surface area contributed by atoms with Crippen molar-refractivity contribution in [3.8, 4) is 0 Å². The van der Waals surface area contributed by atoms with E-state index in [1.54, 1.807) is 32.9 Å². The predicted molar refractivity (Wildman–Crippen MR) is 51.7 cm³/mol. The Morgan fingerprint density at radius 3 is 2.00 bits per heavy atom. The molecule has 0 aromatic rings. The molecule has 13 heavy (non-hydrogen) atoms. The largest absolute Gasteiger partial charge is 0.481 e. The van der Waals surface area contributed by atoms with Gasteiger partial charge in [-0.3, -0.25) is 0 Å². The van der Waals surface area contributed by atoms with Crippen LogP contribution in [0.2, 0.25) is 0 Å². The SMILES string of the molecule is CC=C(C)OC(=CC)OC(O)=CC. The first-order valence-corrected chi connectivity index (χ1v) is 4.14. The van der Waals surface area contributed by atoms with Crippen LogP contribution in [0.25, 0.3) is 0 Å². The zero-order valence-corrected chi connectivity index (χ0v) is 8.50. The van der Waals surface area contributed by atoms with Crippen molar-refractivity contribution in [2.75, 3.05) is 0 Å². The Balaban J connectivity index is 4.23. The van der Waals surface area contributed by atoms with Crippen LogP contribution in [0.15, 0.2) is 35.9 Å². The van der Waals surface area contributed by atoms with E-state index >= 15 is 0 Å². The average Bonchev–Trinajstić information content (AvgIpc) is 2.16. The highest BCUT2D eigenvalue weighted by Gasteiger charge is 2.01. The Labute approximate surface area is 79.0 Å². The van der Waals surface area contributed by atoms with Crippen molar-refractivity contribution >= 4 is 0 Å². The van der Waals surface area contributed by atoms with E-state index in [0.717, 1.165) is 5.76 Å². The summed E-state index contributed by atoms with van der Waals surface area (Å²) in [6.45, 7) is 7.10. The molecule has 0 saturated heterocycles. The summed E-state index contributed by atoms with van der Waals surface area (Å²) in [5.74, 6) is 0.820. The molecule has 0 aromatic heterocycles. The first-order valence-electron chi connectivity index (χ1n) is 4.14. The third-order valence-corrected chi connectivity index (χ3v) is 1.36. The van der Waals surface area contributed by atoms with Gasteiger partial charge in [0, 0.05) is 0 Å². The second-order valence-corrected chi connectivity index (χ2v) is 2.34. The number of hydrogen-bond acceptors (Lipinski definition) is 3. The van der Waals surface area contributed by atoms with Crippen molar-refractivity contribution in [3.63, 3.8) is 0 Å². The fourth-order valence-electron chi connectivity index (χ4n) is 0.518. The molecule has 0 rings (SSSR count). The lowest BCUT2D eigenvalue weighted by Gasteiger charge is -2.09. The minimum absolute atomic E-state index is 0.169. The smallest absolute Gasteiger partial charge is 0.287 e. The lowest BCUT2D eigenvalue weighted by Crippen LogP contribution is -1.96. The van der Waals surface area contributed by atoms with Crippen LogP contribution in [0.1, 0.15) is 27.7 Å². The van der Waals surface area contributed by atoms with Gasteiger partial charge in [0.1, 0.15) is 5.76 Å². The number of aliphatic hydroxyl groups excluding tert-OH is 1. The van der Waals surface area contributed by atoms with E-state index in [2.05, 4.69) is 0 Å². The van der Waals surface area contributed by atoms with Gasteiger partial charge < -0.3 is 14.6 Å². The lowest BCUT2D eigenvalue weighted by molar-refractivity contribution is 0.0498. The molecular weight excluding hydrogens is 168 g/mol. The number of rotatable bonds is 4. The zero-order chi connectivity index (χ0) is 10.3. The minimum Gasteiger partial charge on any atom is -0.481 e. The summed E-state index contributed by atoms with van der Waals surface area (Å²) in [5, 5.41) is 9.04. The van der Waals surface area contributed by atoms with E-state index < -0.39 is 0 Å². The summed E-state index contributed by atoms with van der Waals surface area (Å²) in [7, 11) is 0. The Kier molecular flexibility index (Phi) is 5.52. The van der Waals surface area contributed by atoms with E-state index in [9.17, 15) is 0 Å². The van der Waals surface area contributed by atoms with Gasteiger partial charge in [0.25, 0.3) is 11.9 Å². The van der Waals surface area contributed by atoms with Crippen LogP contribution in [0, 0.1) is 0 Å². The van der Waals surface area contributed by atoms with Crippen molar-refractivity contribution in [2.45, 2.75) is 27.7 Å². The molecule has 0 spiro atoms. The molecule has 0 radical (unpaired) electrons. The molecule has 0 aromatic carbocycles. The predicted octanol–water partition coefficient (Wildman–Crippen LogP) is 3.22. The van der Waals surface area contributed by atoms with Gasteiger partial charge in [-0.05, 0) is 45.9 Å². The van der Waals surface area contributed by atoms with Gasteiger partial charge in [0.15, 0.2) is 0 Å². The summed E-state index contributed by atoms with van der Waals surface area (Å²) in [6, 6.07) is 0. The van der Waals surface area contributed by atoms with Crippen LogP contribution in [-0.2, 0) is 9.47 Å². The molecule has 0 aliphatic carbocycles. The molecule has 3 heteroatoms. The van der Waals surface area contributed by atoms with Crippen LogP contribution in [-0.4, -0.2) is 5.11 Å². The summed E-state index contributed by atoms with van der Waals surface area (Å²) in [5.41, 5.74) is 0. The Bertz CT molecular complexity index is 215. The Hall–Kier alpha value is -1.38. The van der Waals surface area contributed by atoms with E-state index in [-0.39, 0.29) is 11.9 Å². The average molecular weight is 184 g/mol. The molecule has 0 atom stereocenters. The molecular formula is C10H16O3. The monoisotopic (exact) mass is 184 g/mol. The number of hydrogen-bond donors (Lipinski definition) is 1. The molecule has 0 unspecified atom stereocenters. The van der Waals surface area contributed by atoms with Gasteiger partial charge in [0.05, 0.1) is 0 Å². The number of allylic oxidation sites excluding steroid dienone is 4. The Morgan fingerprint density at radius 2 is 1.62 bits per heavy atom. The van der Waals surface area contributed by atoms with Gasteiger partial charge in [-0.2, -0.15) is 0 Å². The molecule has 0 aliphatic heterocycles. The maximum atomic E-state index is 9.04. The summed E-state index contributed by atoms with van der Waals surface area (Å²) < 4.78 is 10.2. The van der Waals surface area contributed by atoms with Crippen LogP contribution in [0.3, 0.4) is 0 Å². The molecule has 0 aliphatic rings. The lowest BCUT2D eigenvalue weighted by atomic mass is 10.5. The second-order valence-electron chi connectivity index (χ2n) is 2.34. The van der Waals surface area contributed by atoms with Crippen LogP contribution >= 0.6 is 0 Å². The van der Waals surface area contributed by atoms with Crippen LogP contribution < -0.4 is 0 Å². The minimum atomic E-state index is -0.169. The first kappa shape index (κ1) is 11.6. The van der Waals surface area contributed by atoms with Crippen molar-refractivity contribution in [2.24, 2.45) is 0 Å².